The fourth-order valence-electron chi connectivity index (χ4n) is 1.65. The van der Waals surface area contributed by atoms with Gasteiger partial charge in [0.2, 0.25) is 0 Å². The Morgan fingerprint density at radius 1 is 1.40 bits per heavy atom. The Hall–Kier alpha value is -1.73. The van der Waals surface area contributed by atoms with E-state index in [1.807, 2.05) is 18.2 Å². The van der Waals surface area contributed by atoms with Gasteiger partial charge in [-0.1, -0.05) is 12.2 Å². The SMILES string of the molecule is CN(C)C(=O)c1ccn(-c2ccc(C(N)=S)cc2Br)n1. The number of rotatable bonds is 3. The highest BCUT2D eigenvalue weighted by Gasteiger charge is 2.13. The predicted octanol–water partition coefficient (Wildman–Crippen LogP) is 1.97. The van der Waals surface area contributed by atoms with E-state index in [1.165, 1.54) is 4.90 Å². The number of hydrogen-bond acceptors (Lipinski definition) is 3. The van der Waals surface area contributed by atoms with Crippen molar-refractivity contribution >= 4 is 39.0 Å². The molecular formula is C13H13BrN4OS. The highest BCUT2D eigenvalue weighted by molar-refractivity contribution is 9.10. The fourth-order valence-corrected chi connectivity index (χ4v) is 2.33. The molecule has 104 valence electrons. The number of carbonyl (C=O) groups is 1. The van der Waals surface area contributed by atoms with Crippen LogP contribution in [-0.2, 0) is 0 Å². The molecule has 20 heavy (non-hydrogen) atoms. The predicted molar refractivity (Wildman–Crippen MR) is 85.2 cm³/mol. The number of carbonyl (C=O) groups excluding carboxylic acids is 1. The second kappa shape index (κ2) is 5.72. The van der Waals surface area contributed by atoms with E-state index in [1.54, 1.807) is 31.0 Å². The monoisotopic (exact) mass is 352 g/mol. The number of nitrogens with two attached hydrogens (primary N) is 1. The van der Waals surface area contributed by atoms with Gasteiger partial charge < -0.3 is 10.6 Å². The summed E-state index contributed by atoms with van der Waals surface area (Å²) in [6.07, 6.45) is 1.73. The number of halogens is 1. The minimum absolute atomic E-state index is 0.139. The third-order valence-electron chi connectivity index (χ3n) is 2.69. The normalized spacial score (nSPS) is 10.3. The molecule has 2 N–H and O–H groups in total. The van der Waals surface area contributed by atoms with Crippen molar-refractivity contribution in [3.8, 4) is 5.69 Å². The molecule has 0 saturated carbocycles. The lowest BCUT2D eigenvalue weighted by molar-refractivity contribution is 0.0821. The largest absolute Gasteiger partial charge is 0.389 e. The summed E-state index contributed by atoms with van der Waals surface area (Å²) in [6.45, 7) is 0. The minimum Gasteiger partial charge on any atom is -0.389 e. The van der Waals surface area contributed by atoms with Crippen LogP contribution in [0.2, 0.25) is 0 Å². The highest BCUT2D eigenvalue weighted by atomic mass is 79.9. The van der Waals surface area contributed by atoms with Crippen LogP contribution in [0, 0.1) is 0 Å². The van der Waals surface area contributed by atoms with Crippen LogP contribution >= 0.6 is 28.1 Å². The standard InChI is InChI=1S/C13H13BrN4OS/c1-17(2)13(19)10-5-6-18(16-10)11-4-3-8(12(15)20)7-9(11)14/h3-7H,1-2H3,(H2,15,20). The van der Waals surface area contributed by atoms with Crippen molar-refractivity contribution in [2.75, 3.05) is 14.1 Å². The van der Waals surface area contributed by atoms with Gasteiger partial charge in [0.1, 0.15) is 4.99 Å². The number of aromatic nitrogens is 2. The maximum absolute atomic E-state index is 11.8. The zero-order valence-corrected chi connectivity index (χ0v) is 13.4. The van der Waals surface area contributed by atoms with Gasteiger partial charge in [-0.15, -0.1) is 0 Å². The zero-order chi connectivity index (χ0) is 14.9. The average Bonchev–Trinajstić information content (AvgIpc) is 2.86. The summed E-state index contributed by atoms with van der Waals surface area (Å²) in [4.78, 5) is 13.6. The molecule has 0 atom stereocenters. The van der Waals surface area contributed by atoms with Crippen LogP contribution in [0.5, 0.6) is 0 Å². The van der Waals surface area contributed by atoms with Gasteiger partial charge in [-0.2, -0.15) is 5.10 Å². The maximum Gasteiger partial charge on any atom is 0.273 e. The Morgan fingerprint density at radius 3 is 2.65 bits per heavy atom. The molecule has 1 aromatic carbocycles. The molecule has 0 aliphatic carbocycles. The molecule has 0 fully saturated rings. The molecule has 1 aromatic heterocycles. The van der Waals surface area contributed by atoms with Crippen LogP contribution in [0.15, 0.2) is 34.9 Å². The molecule has 0 bridgehead atoms. The molecular weight excluding hydrogens is 340 g/mol. The van der Waals surface area contributed by atoms with E-state index in [-0.39, 0.29) is 5.91 Å². The topological polar surface area (TPSA) is 64.2 Å². The molecule has 1 heterocycles. The van der Waals surface area contributed by atoms with E-state index < -0.39 is 0 Å². The number of nitrogens with zero attached hydrogens (tertiary/aromatic N) is 3. The fraction of sp³-hybridized carbons (Fsp3) is 0.154. The molecule has 0 unspecified atom stereocenters. The van der Waals surface area contributed by atoms with Crippen LogP contribution in [0.1, 0.15) is 16.1 Å². The lowest BCUT2D eigenvalue weighted by atomic mass is 10.2. The van der Waals surface area contributed by atoms with E-state index in [0.29, 0.717) is 10.7 Å². The number of amides is 1. The van der Waals surface area contributed by atoms with Gasteiger partial charge in [-0.25, -0.2) is 4.68 Å². The molecule has 0 aliphatic rings. The smallest absolute Gasteiger partial charge is 0.273 e. The van der Waals surface area contributed by atoms with Crippen LogP contribution < -0.4 is 5.73 Å². The third-order valence-corrected chi connectivity index (χ3v) is 3.56. The second-order valence-electron chi connectivity index (χ2n) is 4.38. The Labute approximate surface area is 130 Å². The van der Waals surface area contributed by atoms with Gasteiger partial charge >= 0.3 is 0 Å². The first-order chi connectivity index (χ1) is 9.40. The van der Waals surface area contributed by atoms with Gasteiger partial charge in [-0.05, 0) is 40.2 Å². The van der Waals surface area contributed by atoms with Gasteiger partial charge in [-0.3, -0.25) is 4.79 Å². The average molecular weight is 353 g/mol. The van der Waals surface area contributed by atoms with E-state index in [4.69, 9.17) is 18.0 Å². The second-order valence-corrected chi connectivity index (χ2v) is 5.67. The molecule has 2 rings (SSSR count). The van der Waals surface area contributed by atoms with Gasteiger partial charge in [0.25, 0.3) is 5.91 Å². The first-order valence-corrected chi connectivity index (χ1v) is 6.97. The van der Waals surface area contributed by atoms with Crippen molar-refractivity contribution in [1.82, 2.24) is 14.7 Å². The summed E-state index contributed by atoms with van der Waals surface area (Å²) in [5.74, 6) is -0.139. The van der Waals surface area contributed by atoms with Crippen molar-refractivity contribution in [3.05, 3.63) is 46.2 Å². The van der Waals surface area contributed by atoms with E-state index in [2.05, 4.69) is 21.0 Å². The summed E-state index contributed by atoms with van der Waals surface area (Å²) in [6, 6.07) is 7.16. The van der Waals surface area contributed by atoms with Crippen LogP contribution in [-0.4, -0.2) is 39.7 Å². The maximum atomic E-state index is 11.8. The van der Waals surface area contributed by atoms with Crippen molar-refractivity contribution in [1.29, 1.82) is 0 Å². The van der Waals surface area contributed by atoms with Gasteiger partial charge in [0.15, 0.2) is 5.69 Å². The summed E-state index contributed by atoms with van der Waals surface area (Å²) in [5, 5.41) is 4.27. The number of hydrogen-bond donors (Lipinski definition) is 1. The molecule has 1 amide bonds. The molecule has 0 aliphatic heterocycles. The van der Waals surface area contributed by atoms with Crippen molar-refractivity contribution in [2.24, 2.45) is 5.73 Å². The molecule has 7 heteroatoms. The molecule has 5 nitrogen and oxygen atoms in total. The van der Waals surface area contributed by atoms with Gasteiger partial charge in [0, 0.05) is 30.3 Å². The van der Waals surface area contributed by atoms with Crippen LogP contribution in [0.3, 0.4) is 0 Å². The van der Waals surface area contributed by atoms with Crippen molar-refractivity contribution in [2.45, 2.75) is 0 Å². The zero-order valence-electron chi connectivity index (χ0n) is 11.0. The Bertz CT molecular complexity index is 681. The quantitative estimate of drug-likeness (QED) is 0.857. The number of benzene rings is 1. The van der Waals surface area contributed by atoms with Gasteiger partial charge in [0.05, 0.1) is 5.69 Å². The molecule has 0 radical (unpaired) electrons. The van der Waals surface area contributed by atoms with Crippen molar-refractivity contribution in [3.63, 3.8) is 0 Å². The van der Waals surface area contributed by atoms with E-state index in [9.17, 15) is 4.79 Å². The van der Waals surface area contributed by atoms with E-state index >= 15 is 0 Å². The van der Waals surface area contributed by atoms with Crippen LogP contribution in [0.25, 0.3) is 5.69 Å². The highest BCUT2D eigenvalue weighted by Crippen LogP contribution is 2.22. The molecule has 0 spiro atoms. The first-order valence-electron chi connectivity index (χ1n) is 5.77. The number of thiocarbonyl (C=S) groups is 1. The first kappa shape index (κ1) is 14.7. The Balaban J connectivity index is 2.38. The summed E-state index contributed by atoms with van der Waals surface area (Å²) < 4.78 is 2.43. The minimum atomic E-state index is -0.139. The summed E-state index contributed by atoms with van der Waals surface area (Å²) in [7, 11) is 3.38. The molecule has 0 saturated heterocycles. The third kappa shape index (κ3) is 2.88. The molecule has 2 aromatic rings. The lowest BCUT2D eigenvalue weighted by Gasteiger charge is -2.08. The Kier molecular flexibility index (Phi) is 4.20. The van der Waals surface area contributed by atoms with Crippen molar-refractivity contribution < 1.29 is 4.79 Å². The summed E-state index contributed by atoms with van der Waals surface area (Å²) in [5.41, 5.74) is 7.55. The van der Waals surface area contributed by atoms with Crippen LogP contribution in [0.4, 0.5) is 0 Å². The summed E-state index contributed by atoms with van der Waals surface area (Å²) >= 11 is 8.39. The Morgan fingerprint density at radius 2 is 2.10 bits per heavy atom. The lowest BCUT2D eigenvalue weighted by Crippen LogP contribution is -2.22. The van der Waals surface area contributed by atoms with E-state index in [0.717, 1.165) is 15.7 Å².